The Morgan fingerprint density at radius 2 is 2.00 bits per heavy atom. The highest BCUT2D eigenvalue weighted by Crippen LogP contribution is 2.36. The second-order valence-electron chi connectivity index (χ2n) is 6.61. The SMILES string of the molecule is CC(C)(C)OC(=O)N1CCC[C@@H]2CC[C@H](O)C[C@@H]21. The van der Waals surface area contributed by atoms with E-state index in [0.717, 1.165) is 25.8 Å². The van der Waals surface area contributed by atoms with Crippen LogP contribution in [0.15, 0.2) is 0 Å². The van der Waals surface area contributed by atoms with Crippen molar-refractivity contribution in [3.63, 3.8) is 0 Å². The zero-order valence-corrected chi connectivity index (χ0v) is 11.7. The lowest BCUT2D eigenvalue weighted by Crippen LogP contribution is -2.53. The number of nitrogens with zero attached hydrogens (tertiary/aromatic N) is 1. The molecule has 2 aliphatic rings. The Balaban J connectivity index is 2.04. The average molecular weight is 255 g/mol. The maximum atomic E-state index is 12.2. The minimum absolute atomic E-state index is 0.178. The third-order valence-corrected chi connectivity index (χ3v) is 3.93. The van der Waals surface area contributed by atoms with E-state index in [1.807, 2.05) is 25.7 Å². The van der Waals surface area contributed by atoms with Gasteiger partial charge in [0, 0.05) is 12.6 Å². The molecule has 2 rings (SSSR count). The van der Waals surface area contributed by atoms with Gasteiger partial charge in [0.15, 0.2) is 0 Å². The van der Waals surface area contributed by atoms with E-state index in [-0.39, 0.29) is 18.2 Å². The largest absolute Gasteiger partial charge is 0.444 e. The Bertz CT molecular complexity index is 311. The molecule has 0 aromatic rings. The van der Waals surface area contributed by atoms with Gasteiger partial charge in [-0.25, -0.2) is 4.79 Å². The summed E-state index contributed by atoms with van der Waals surface area (Å²) in [6, 6.07) is 0.178. The number of hydrogen-bond acceptors (Lipinski definition) is 3. The van der Waals surface area contributed by atoms with Crippen molar-refractivity contribution in [3.8, 4) is 0 Å². The molecule has 1 saturated heterocycles. The summed E-state index contributed by atoms with van der Waals surface area (Å²) in [7, 11) is 0. The first-order valence-corrected chi connectivity index (χ1v) is 7.04. The van der Waals surface area contributed by atoms with Crippen LogP contribution < -0.4 is 0 Å². The van der Waals surface area contributed by atoms with Gasteiger partial charge < -0.3 is 14.7 Å². The molecule has 0 radical (unpaired) electrons. The standard InChI is InChI=1S/C14H25NO3/c1-14(2,3)18-13(17)15-8-4-5-10-6-7-11(16)9-12(10)15/h10-12,16H,4-9H2,1-3H3/t10-,11+,12+/m1/s1. The number of fused-ring (bicyclic) bond motifs is 1. The summed E-state index contributed by atoms with van der Waals surface area (Å²) in [6.07, 6.45) is 4.38. The predicted molar refractivity (Wildman–Crippen MR) is 69.3 cm³/mol. The van der Waals surface area contributed by atoms with Crippen LogP contribution in [-0.4, -0.2) is 40.4 Å². The number of amides is 1. The molecular formula is C14H25NO3. The molecule has 18 heavy (non-hydrogen) atoms. The Labute approximate surface area is 109 Å². The first-order valence-electron chi connectivity index (χ1n) is 7.04. The molecule has 1 saturated carbocycles. The van der Waals surface area contributed by atoms with E-state index in [2.05, 4.69) is 0 Å². The third kappa shape index (κ3) is 3.16. The summed E-state index contributed by atoms with van der Waals surface area (Å²) in [5, 5.41) is 9.80. The first kappa shape index (κ1) is 13.7. The van der Waals surface area contributed by atoms with Crippen LogP contribution in [0.1, 0.15) is 52.9 Å². The average Bonchev–Trinajstić information content (AvgIpc) is 2.25. The predicted octanol–water partition coefficient (Wildman–Crippen LogP) is 2.55. The second kappa shape index (κ2) is 5.08. The first-order chi connectivity index (χ1) is 8.37. The van der Waals surface area contributed by atoms with Gasteiger partial charge in [-0.15, -0.1) is 0 Å². The van der Waals surface area contributed by atoms with Gasteiger partial charge in [-0.1, -0.05) is 0 Å². The van der Waals surface area contributed by atoms with Gasteiger partial charge in [0.25, 0.3) is 0 Å². The maximum Gasteiger partial charge on any atom is 0.410 e. The van der Waals surface area contributed by atoms with Crippen molar-refractivity contribution >= 4 is 6.09 Å². The molecule has 0 bridgehead atoms. The fraction of sp³-hybridized carbons (Fsp3) is 0.929. The van der Waals surface area contributed by atoms with Crippen molar-refractivity contribution in [2.75, 3.05) is 6.54 Å². The molecule has 1 heterocycles. The minimum atomic E-state index is -0.447. The molecular weight excluding hydrogens is 230 g/mol. The van der Waals surface area contributed by atoms with Crippen LogP contribution in [0.4, 0.5) is 4.79 Å². The Morgan fingerprint density at radius 1 is 1.28 bits per heavy atom. The second-order valence-corrected chi connectivity index (χ2v) is 6.61. The smallest absolute Gasteiger partial charge is 0.410 e. The highest BCUT2D eigenvalue weighted by atomic mass is 16.6. The van der Waals surface area contributed by atoms with E-state index in [4.69, 9.17) is 4.74 Å². The molecule has 3 atom stereocenters. The van der Waals surface area contributed by atoms with Crippen molar-refractivity contribution in [1.82, 2.24) is 4.90 Å². The normalized spacial score (nSPS) is 32.9. The van der Waals surface area contributed by atoms with Gasteiger partial charge in [-0.05, 0) is 58.8 Å². The molecule has 1 aliphatic carbocycles. The molecule has 2 fully saturated rings. The number of carbonyl (C=O) groups is 1. The molecule has 0 aromatic heterocycles. The molecule has 1 N–H and O–H groups in total. The van der Waals surface area contributed by atoms with Crippen LogP contribution in [0, 0.1) is 5.92 Å². The number of aliphatic hydroxyl groups is 1. The van der Waals surface area contributed by atoms with Crippen LogP contribution in [-0.2, 0) is 4.74 Å². The summed E-state index contributed by atoms with van der Waals surface area (Å²) in [4.78, 5) is 14.0. The van der Waals surface area contributed by atoms with Crippen molar-refractivity contribution < 1.29 is 14.6 Å². The van der Waals surface area contributed by atoms with Crippen LogP contribution in [0.2, 0.25) is 0 Å². The van der Waals surface area contributed by atoms with Crippen LogP contribution >= 0.6 is 0 Å². The fourth-order valence-electron chi connectivity index (χ4n) is 3.14. The van der Waals surface area contributed by atoms with Crippen LogP contribution in [0.25, 0.3) is 0 Å². The van der Waals surface area contributed by atoms with Gasteiger partial charge in [0.05, 0.1) is 6.10 Å². The number of rotatable bonds is 0. The molecule has 0 spiro atoms. The number of ether oxygens (including phenoxy) is 1. The van der Waals surface area contributed by atoms with Gasteiger partial charge in [0.2, 0.25) is 0 Å². The summed E-state index contributed by atoms with van der Waals surface area (Å²) in [5.74, 6) is 0.551. The molecule has 4 nitrogen and oxygen atoms in total. The maximum absolute atomic E-state index is 12.2. The number of carbonyl (C=O) groups excluding carboxylic acids is 1. The van der Waals surface area contributed by atoms with Gasteiger partial charge in [-0.3, -0.25) is 0 Å². The zero-order chi connectivity index (χ0) is 13.3. The number of piperidine rings is 1. The zero-order valence-electron chi connectivity index (χ0n) is 11.7. The highest BCUT2D eigenvalue weighted by molar-refractivity contribution is 5.68. The Hall–Kier alpha value is -0.770. The summed E-state index contributed by atoms with van der Waals surface area (Å²) in [6.45, 7) is 6.44. The lowest BCUT2D eigenvalue weighted by Gasteiger charge is -2.45. The fourth-order valence-corrected chi connectivity index (χ4v) is 3.14. The van der Waals surface area contributed by atoms with Gasteiger partial charge >= 0.3 is 6.09 Å². The van der Waals surface area contributed by atoms with Gasteiger partial charge in [0.1, 0.15) is 5.60 Å². The van der Waals surface area contributed by atoms with E-state index in [9.17, 15) is 9.90 Å². The molecule has 1 amide bonds. The van der Waals surface area contributed by atoms with Crippen molar-refractivity contribution in [2.45, 2.75) is 70.6 Å². The lowest BCUT2D eigenvalue weighted by molar-refractivity contribution is -0.0256. The summed E-state index contributed by atoms with van der Waals surface area (Å²) >= 11 is 0. The molecule has 1 aliphatic heterocycles. The molecule has 0 aromatic carbocycles. The van der Waals surface area contributed by atoms with Crippen molar-refractivity contribution in [2.24, 2.45) is 5.92 Å². The van der Waals surface area contributed by atoms with Crippen molar-refractivity contribution in [1.29, 1.82) is 0 Å². The van der Waals surface area contributed by atoms with E-state index in [0.29, 0.717) is 12.3 Å². The quantitative estimate of drug-likeness (QED) is 0.723. The minimum Gasteiger partial charge on any atom is -0.444 e. The number of aliphatic hydroxyl groups excluding tert-OH is 1. The monoisotopic (exact) mass is 255 g/mol. The van der Waals surface area contributed by atoms with E-state index >= 15 is 0 Å². The van der Waals surface area contributed by atoms with Crippen molar-refractivity contribution in [3.05, 3.63) is 0 Å². The number of hydrogen-bond donors (Lipinski definition) is 1. The topological polar surface area (TPSA) is 49.8 Å². The highest BCUT2D eigenvalue weighted by Gasteiger charge is 2.39. The Kier molecular flexibility index (Phi) is 3.85. The van der Waals surface area contributed by atoms with E-state index in [1.165, 1.54) is 6.42 Å². The summed E-state index contributed by atoms with van der Waals surface area (Å²) < 4.78 is 5.47. The Morgan fingerprint density at radius 3 is 2.67 bits per heavy atom. The van der Waals surface area contributed by atoms with E-state index < -0.39 is 5.60 Å². The van der Waals surface area contributed by atoms with Crippen LogP contribution in [0.5, 0.6) is 0 Å². The lowest BCUT2D eigenvalue weighted by atomic mass is 9.77. The summed E-state index contributed by atoms with van der Waals surface area (Å²) in [5.41, 5.74) is -0.447. The molecule has 4 heteroatoms. The molecule has 104 valence electrons. The molecule has 0 unspecified atom stereocenters. The third-order valence-electron chi connectivity index (χ3n) is 3.93. The van der Waals surface area contributed by atoms with Gasteiger partial charge in [-0.2, -0.15) is 0 Å². The van der Waals surface area contributed by atoms with E-state index in [1.54, 1.807) is 0 Å². The number of likely N-dealkylation sites (tertiary alicyclic amines) is 1. The van der Waals surface area contributed by atoms with Crippen LogP contribution in [0.3, 0.4) is 0 Å².